The van der Waals surface area contributed by atoms with E-state index in [2.05, 4.69) is 10.5 Å². The number of carboxylic acids is 1. The lowest BCUT2D eigenvalue weighted by Gasteiger charge is -2.12. The summed E-state index contributed by atoms with van der Waals surface area (Å²) in [6.45, 7) is 2.97. The van der Waals surface area contributed by atoms with E-state index >= 15 is 0 Å². The van der Waals surface area contributed by atoms with E-state index in [9.17, 15) is 9.59 Å². The summed E-state index contributed by atoms with van der Waals surface area (Å²) < 4.78 is 10.3. The maximum absolute atomic E-state index is 11.8. The van der Waals surface area contributed by atoms with E-state index in [-0.39, 0.29) is 29.5 Å². The molecule has 0 aliphatic rings. The van der Waals surface area contributed by atoms with Gasteiger partial charge >= 0.3 is 5.97 Å². The molecule has 7 nitrogen and oxygen atoms in total. The van der Waals surface area contributed by atoms with Crippen LogP contribution in [0.2, 0.25) is 0 Å². The summed E-state index contributed by atoms with van der Waals surface area (Å²) >= 11 is 0. The normalized spacial score (nSPS) is 11.7. The van der Waals surface area contributed by atoms with Crippen LogP contribution < -0.4 is 10.1 Å². The number of benzene rings is 1. The van der Waals surface area contributed by atoms with Gasteiger partial charge in [-0.2, -0.15) is 0 Å². The highest BCUT2D eigenvalue weighted by molar-refractivity contribution is 5.90. The van der Waals surface area contributed by atoms with Gasteiger partial charge in [0.2, 0.25) is 0 Å². The van der Waals surface area contributed by atoms with Gasteiger partial charge in [0.15, 0.2) is 12.4 Å². The number of hydrogen-bond donors (Lipinski definition) is 2. The highest BCUT2D eigenvalue weighted by Crippen LogP contribution is 2.20. The highest BCUT2D eigenvalue weighted by atomic mass is 16.5. The van der Waals surface area contributed by atoms with Crippen molar-refractivity contribution in [3.8, 4) is 5.75 Å². The van der Waals surface area contributed by atoms with Crippen molar-refractivity contribution in [3.05, 3.63) is 47.3 Å². The number of amides is 1. The fraction of sp³-hybridized carbons (Fsp3) is 0.267. The maximum Gasteiger partial charge on any atom is 0.341 e. The van der Waals surface area contributed by atoms with Gasteiger partial charge in [0.05, 0.1) is 11.7 Å². The molecule has 2 rings (SSSR count). The Labute approximate surface area is 126 Å². The fourth-order valence-corrected chi connectivity index (χ4v) is 1.96. The zero-order valence-electron chi connectivity index (χ0n) is 12.2. The first-order valence-corrected chi connectivity index (χ1v) is 6.65. The second-order valence-corrected chi connectivity index (χ2v) is 4.70. The van der Waals surface area contributed by atoms with E-state index in [4.69, 9.17) is 14.4 Å². The Balaban J connectivity index is 1.95. The van der Waals surface area contributed by atoms with Crippen LogP contribution in [-0.4, -0.2) is 28.7 Å². The summed E-state index contributed by atoms with van der Waals surface area (Å²) in [7, 11) is 0. The van der Waals surface area contributed by atoms with Gasteiger partial charge in [-0.3, -0.25) is 4.79 Å². The van der Waals surface area contributed by atoms with Crippen LogP contribution in [0.5, 0.6) is 5.75 Å². The molecule has 0 unspecified atom stereocenters. The Morgan fingerprint density at radius 1 is 1.36 bits per heavy atom. The van der Waals surface area contributed by atoms with Crippen molar-refractivity contribution in [2.75, 3.05) is 6.61 Å². The Bertz CT molecular complexity index is 666. The summed E-state index contributed by atoms with van der Waals surface area (Å²) in [6.07, 6.45) is 0. The SMILES string of the molecule is Cc1noc([C@@H](C)NC(=O)COc2ccccc2)c1C(=O)O. The number of nitrogens with zero attached hydrogens (tertiary/aromatic N) is 1. The van der Waals surface area contributed by atoms with Gasteiger partial charge in [-0.15, -0.1) is 0 Å². The molecule has 0 fully saturated rings. The standard InChI is InChI=1S/C15H16N2O5/c1-9-13(15(19)20)14(22-17-9)10(2)16-12(18)8-21-11-6-4-3-5-7-11/h3-7,10H,8H2,1-2H3,(H,16,18)(H,19,20)/t10-/m1/s1. The summed E-state index contributed by atoms with van der Waals surface area (Å²) in [5, 5.41) is 15.4. The number of para-hydroxylation sites is 1. The monoisotopic (exact) mass is 304 g/mol. The summed E-state index contributed by atoms with van der Waals surface area (Å²) in [5.74, 6) is -0.845. The molecule has 1 amide bonds. The van der Waals surface area contributed by atoms with Crippen LogP contribution in [0.3, 0.4) is 0 Å². The number of aromatic nitrogens is 1. The molecule has 0 radical (unpaired) electrons. The first kappa shape index (κ1) is 15.6. The number of aromatic carboxylic acids is 1. The van der Waals surface area contributed by atoms with Gasteiger partial charge in [-0.25, -0.2) is 4.79 Å². The lowest BCUT2D eigenvalue weighted by Crippen LogP contribution is -2.31. The summed E-state index contributed by atoms with van der Waals surface area (Å²) in [6, 6.07) is 8.28. The van der Waals surface area contributed by atoms with Gasteiger partial charge < -0.3 is 19.7 Å². The fourth-order valence-electron chi connectivity index (χ4n) is 1.96. The van der Waals surface area contributed by atoms with Gasteiger partial charge in [-0.05, 0) is 26.0 Å². The average molecular weight is 304 g/mol. The molecule has 116 valence electrons. The number of aryl methyl sites for hydroxylation is 1. The number of carbonyl (C=O) groups excluding carboxylic acids is 1. The van der Waals surface area contributed by atoms with Crippen molar-refractivity contribution in [3.63, 3.8) is 0 Å². The summed E-state index contributed by atoms with van der Waals surface area (Å²) in [4.78, 5) is 23.0. The van der Waals surface area contributed by atoms with E-state index in [0.29, 0.717) is 5.75 Å². The largest absolute Gasteiger partial charge is 0.484 e. The average Bonchev–Trinajstić information content (AvgIpc) is 2.88. The second-order valence-electron chi connectivity index (χ2n) is 4.70. The Morgan fingerprint density at radius 3 is 2.68 bits per heavy atom. The Hall–Kier alpha value is -2.83. The van der Waals surface area contributed by atoms with Gasteiger partial charge in [0.1, 0.15) is 11.3 Å². The molecule has 0 saturated carbocycles. The minimum Gasteiger partial charge on any atom is -0.484 e. The van der Waals surface area contributed by atoms with E-state index in [1.54, 1.807) is 31.2 Å². The predicted octanol–water partition coefficient (Wildman–Crippen LogP) is 1.94. The zero-order chi connectivity index (χ0) is 16.1. The van der Waals surface area contributed by atoms with Crippen LogP contribution in [0, 0.1) is 6.92 Å². The van der Waals surface area contributed by atoms with E-state index in [1.807, 2.05) is 6.07 Å². The van der Waals surface area contributed by atoms with E-state index < -0.39 is 12.0 Å². The van der Waals surface area contributed by atoms with Gasteiger partial charge in [0.25, 0.3) is 5.91 Å². The Kier molecular flexibility index (Phi) is 4.77. The first-order chi connectivity index (χ1) is 10.5. The quantitative estimate of drug-likeness (QED) is 0.845. The minimum atomic E-state index is -1.14. The van der Waals surface area contributed by atoms with Crippen LogP contribution >= 0.6 is 0 Å². The van der Waals surface area contributed by atoms with Crippen molar-refractivity contribution in [2.24, 2.45) is 0 Å². The second kappa shape index (κ2) is 6.75. The maximum atomic E-state index is 11.8. The molecular weight excluding hydrogens is 288 g/mol. The van der Waals surface area contributed by atoms with Crippen molar-refractivity contribution in [1.29, 1.82) is 0 Å². The van der Waals surface area contributed by atoms with Gasteiger partial charge in [-0.1, -0.05) is 23.4 Å². The van der Waals surface area contributed by atoms with Crippen molar-refractivity contribution in [1.82, 2.24) is 10.5 Å². The molecule has 1 heterocycles. The first-order valence-electron chi connectivity index (χ1n) is 6.65. The number of ether oxygens (including phenoxy) is 1. The number of carboxylic acid groups (broad SMARTS) is 1. The van der Waals surface area contributed by atoms with Gasteiger partial charge in [0, 0.05) is 0 Å². The third-order valence-corrected chi connectivity index (χ3v) is 2.99. The third-order valence-electron chi connectivity index (χ3n) is 2.99. The number of nitrogens with one attached hydrogen (secondary N) is 1. The van der Waals surface area contributed by atoms with Crippen molar-refractivity contribution >= 4 is 11.9 Å². The zero-order valence-corrected chi connectivity index (χ0v) is 12.2. The Morgan fingerprint density at radius 2 is 2.05 bits per heavy atom. The molecule has 0 aliphatic carbocycles. The molecule has 2 aromatic rings. The van der Waals surface area contributed by atoms with Crippen LogP contribution in [0.1, 0.15) is 34.8 Å². The molecule has 7 heteroatoms. The third kappa shape index (κ3) is 3.63. The predicted molar refractivity (Wildman–Crippen MR) is 76.7 cm³/mol. The number of rotatable bonds is 6. The van der Waals surface area contributed by atoms with E-state index in [1.165, 1.54) is 6.92 Å². The molecule has 1 atom stereocenters. The number of carbonyl (C=O) groups is 2. The molecule has 1 aromatic carbocycles. The van der Waals surface area contributed by atoms with Crippen molar-refractivity contribution in [2.45, 2.75) is 19.9 Å². The number of hydrogen-bond acceptors (Lipinski definition) is 5. The van der Waals surface area contributed by atoms with Crippen molar-refractivity contribution < 1.29 is 24.0 Å². The van der Waals surface area contributed by atoms with Crippen LogP contribution in [0.25, 0.3) is 0 Å². The lowest BCUT2D eigenvalue weighted by molar-refractivity contribution is -0.123. The van der Waals surface area contributed by atoms with E-state index in [0.717, 1.165) is 0 Å². The molecule has 2 N–H and O–H groups in total. The molecule has 1 aromatic heterocycles. The van der Waals surface area contributed by atoms with Crippen LogP contribution in [-0.2, 0) is 4.79 Å². The lowest BCUT2D eigenvalue weighted by atomic mass is 10.1. The minimum absolute atomic E-state index is 0.0308. The molecule has 0 bridgehead atoms. The summed E-state index contributed by atoms with van der Waals surface area (Å²) in [5.41, 5.74) is 0.237. The van der Waals surface area contributed by atoms with Crippen LogP contribution in [0.4, 0.5) is 0 Å². The molecule has 22 heavy (non-hydrogen) atoms. The molecule has 0 saturated heterocycles. The molecule has 0 spiro atoms. The van der Waals surface area contributed by atoms with Crippen LogP contribution in [0.15, 0.2) is 34.9 Å². The topological polar surface area (TPSA) is 102 Å². The molecular formula is C15H16N2O5. The smallest absolute Gasteiger partial charge is 0.341 e. The highest BCUT2D eigenvalue weighted by Gasteiger charge is 2.25. The molecule has 0 aliphatic heterocycles.